The number of halogens is 1. The summed E-state index contributed by atoms with van der Waals surface area (Å²) in [5.74, 6) is 0.505. The lowest BCUT2D eigenvalue weighted by Crippen LogP contribution is -2.14. The molecule has 0 saturated carbocycles. The number of hydrogen-bond donors (Lipinski definition) is 1. The van der Waals surface area contributed by atoms with Gasteiger partial charge in [-0.05, 0) is 18.2 Å². The van der Waals surface area contributed by atoms with Gasteiger partial charge in [0.2, 0.25) is 0 Å². The number of anilines is 2. The lowest BCUT2D eigenvalue weighted by Gasteiger charge is -2.11. The predicted octanol–water partition coefficient (Wildman–Crippen LogP) is 3.45. The zero-order valence-corrected chi connectivity index (χ0v) is 22.9. The zero-order valence-electron chi connectivity index (χ0n) is 20.5. The molecule has 0 unspecified atom stereocenters. The molecule has 206 valence electrons. The van der Waals surface area contributed by atoms with Crippen molar-refractivity contribution in [3.8, 4) is 5.75 Å². The van der Waals surface area contributed by atoms with E-state index in [1.54, 1.807) is 0 Å². The molecule has 1 heterocycles. The van der Waals surface area contributed by atoms with Crippen LogP contribution >= 0.6 is 15.9 Å². The van der Waals surface area contributed by atoms with Crippen LogP contribution in [0.4, 0.5) is 17.2 Å². The largest absolute Gasteiger partial charge is 0.484 e. The number of nitrogens with one attached hydrogen (secondary N) is 1. The van der Waals surface area contributed by atoms with Crippen LogP contribution in [-0.4, -0.2) is 82.4 Å². The van der Waals surface area contributed by atoms with Crippen LogP contribution in [0.1, 0.15) is 0 Å². The first-order chi connectivity index (χ1) is 18.2. The van der Waals surface area contributed by atoms with Crippen LogP contribution < -0.4 is 10.1 Å². The van der Waals surface area contributed by atoms with Gasteiger partial charge < -0.3 is 24.3 Å². The van der Waals surface area contributed by atoms with Gasteiger partial charge in [0.05, 0.1) is 68.3 Å². The van der Waals surface area contributed by atoms with Crippen molar-refractivity contribution in [2.75, 3.05) is 64.4 Å². The highest BCUT2D eigenvalue weighted by atomic mass is 79.9. The van der Waals surface area contributed by atoms with E-state index in [0.717, 1.165) is 16.4 Å². The third-order valence-corrected chi connectivity index (χ3v) is 5.84. The topological polar surface area (TPSA) is 161 Å². The van der Waals surface area contributed by atoms with Crippen molar-refractivity contribution in [3.05, 3.63) is 57.3 Å². The highest BCUT2D eigenvalue weighted by Crippen LogP contribution is 2.34. The summed E-state index contributed by atoms with van der Waals surface area (Å²) in [5, 5.41) is 15.3. The van der Waals surface area contributed by atoms with Crippen molar-refractivity contribution < 1.29 is 36.5 Å². The van der Waals surface area contributed by atoms with Gasteiger partial charge >= 0.3 is 5.69 Å². The summed E-state index contributed by atoms with van der Waals surface area (Å²) in [6.45, 7) is 1.56. The Labute approximate surface area is 227 Å². The third-order valence-electron chi connectivity index (χ3n) is 4.75. The van der Waals surface area contributed by atoms with Crippen LogP contribution in [0.3, 0.4) is 0 Å². The Bertz CT molecular complexity index is 1330. The van der Waals surface area contributed by atoms with Crippen LogP contribution in [0.5, 0.6) is 5.75 Å². The second-order valence-electron chi connectivity index (χ2n) is 7.66. The fraction of sp³-hybridized carbons (Fsp3) is 0.391. The molecule has 3 aromatic rings. The van der Waals surface area contributed by atoms with Crippen molar-refractivity contribution in [1.82, 2.24) is 9.97 Å². The summed E-state index contributed by atoms with van der Waals surface area (Å²) >= 11 is 3.41. The van der Waals surface area contributed by atoms with E-state index in [1.165, 1.54) is 18.5 Å². The van der Waals surface area contributed by atoms with E-state index in [2.05, 4.69) is 35.4 Å². The molecule has 0 fully saturated rings. The van der Waals surface area contributed by atoms with E-state index in [9.17, 15) is 18.5 Å². The smallest absolute Gasteiger partial charge is 0.311 e. The molecule has 0 aliphatic rings. The maximum atomic E-state index is 11.7. The lowest BCUT2D eigenvalue weighted by atomic mass is 10.2. The highest BCUT2D eigenvalue weighted by molar-refractivity contribution is 9.10. The average Bonchev–Trinajstić information content (AvgIpc) is 2.86. The van der Waals surface area contributed by atoms with Gasteiger partial charge in [-0.1, -0.05) is 22.0 Å². The maximum Gasteiger partial charge on any atom is 0.311 e. The van der Waals surface area contributed by atoms with Gasteiger partial charge in [0.1, 0.15) is 18.8 Å². The number of benzene rings is 2. The molecule has 2 aromatic carbocycles. The fourth-order valence-corrected chi connectivity index (χ4v) is 3.90. The van der Waals surface area contributed by atoms with Crippen LogP contribution in [0, 0.1) is 10.1 Å². The van der Waals surface area contributed by atoms with Crippen LogP contribution in [0.15, 0.2) is 47.2 Å². The summed E-state index contributed by atoms with van der Waals surface area (Å²) in [6.07, 6.45) is 2.34. The fourth-order valence-electron chi connectivity index (χ4n) is 3.13. The highest BCUT2D eigenvalue weighted by Gasteiger charge is 2.19. The molecule has 0 aliphatic carbocycles. The summed E-state index contributed by atoms with van der Waals surface area (Å²) < 4.78 is 48.6. The molecule has 0 amide bonds. The van der Waals surface area contributed by atoms with Gasteiger partial charge in [-0.3, -0.25) is 14.3 Å². The monoisotopic (exact) mass is 614 g/mol. The summed E-state index contributed by atoms with van der Waals surface area (Å²) in [4.78, 5) is 19.7. The van der Waals surface area contributed by atoms with Gasteiger partial charge in [-0.25, -0.2) is 9.97 Å². The first-order valence-electron chi connectivity index (χ1n) is 11.4. The molecule has 3 rings (SSSR count). The van der Waals surface area contributed by atoms with Crippen molar-refractivity contribution in [1.29, 1.82) is 0 Å². The normalized spacial score (nSPS) is 11.5. The van der Waals surface area contributed by atoms with E-state index < -0.39 is 15.0 Å². The molecule has 1 N–H and O–H groups in total. The molecule has 15 heteroatoms. The number of ether oxygens (including phenoxy) is 4. The Hall–Kier alpha value is -2.95. The Balaban J connectivity index is 1.43. The van der Waals surface area contributed by atoms with Gasteiger partial charge in [0.15, 0.2) is 5.75 Å². The molecule has 0 spiro atoms. The van der Waals surface area contributed by atoms with Gasteiger partial charge in [-0.2, -0.15) is 8.42 Å². The number of nitro benzene ring substituents is 1. The minimum absolute atomic E-state index is 0.0475. The number of aromatic nitrogens is 2. The molecule has 0 radical (unpaired) electrons. The third kappa shape index (κ3) is 10.1. The van der Waals surface area contributed by atoms with Crippen LogP contribution in [0.25, 0.3) is 10.9 Å². The second-order valence-corrected chi connectivity index (χ2v) is 10.2. The first-order valence-corrected chi connectivity index (χ1v) is 14.0. The van der Waals surface area contributed by atoms with Crippen molar-refractivity contribution in [2.45, 2.75) is 0 Å². The Morgan fingerprint density at radius 1 is 0.947 bits per heavy atom. The SMILES string of the molecule is CS(=O)(=O)OCCOCCOCCOCCOc1cc2ncnc(Nc3cccc(Br)c3)c2cc1[N+](=O)[O-]. The van der Waals surface area contributed by atoms with Crippen molar-refractivity contribution in [2.24, 2.45) is 0 Å². The van der Waals surface area contributed by atoms with Crippen molar-refractivity contribution in [3.63, 3.8) is 0 Å². The van der Waals surface area contributed by atoms with Crippen LogP contribution in [-0.2, 0) is 28.5 Å². The van der Waals surface area contributed by atoms with Crippen LogP contribution in [0.2, 0.25) is 0 Å². The molecule has 1 aromatic heterocycles. The molecule has 0 atom stereocenters. The first kappa shape index (κ1) is 29.6. The van der Waals surface area contributed by atoms with E-state index in [1.807, 2.05) is 24.3 Å². The molecule has 38 heavy (non-hydrogen) atoms. The number of fused-ring (bicyclic) bond motifs is 1. The molecular formula is C23H27BrN4O9S. The standard InChI is InChI=1S/C23H27BrN4O9S/c1-38(31,32)37-12-10-35-8-6-33-5-7-34-9-11-36-22-15-20-19(14-21(22)28(29)30)23(26-16-25-20)27-18-4-2-3-17(24)13-18/h2-4,13-16H,5-12H2,1H3,(H,25,26,27). The molecule has 0 saturated heterocycles. The van der Waals surface area contributed by atoms with E-state index in [-0.39, 0.29) is 51.1 Å². The number of nitro groups is 1. The molecular weight excluding hydrogens is 588 g/mol. The Morgan fingerprint density at radius 3 is 2.24 bits per heavy atom. The molecule has 0 aliphatic heterocycles. The summed E-state index contributed by atoms with van der Waals surface area (Å²) in [7, 11) is -3.47. The minimum atomic E-state index is -3.47. The van der Waals surface area contributed by atoms with Gasteiger partial charge in [0, 0.05) is 22.3 Å². The molecule has 13 nitrogen and oxygen atoms in total. The number of rotatable bonds is 17. The maximum absolute atomic E-state index is 11.7. The Kier molecular flexibility index (Phi) is 11.6. The zero-order chi connectivity index (χ0) is 27.4. The summed E-state index contributed by atoms with van der Waals surface area (Å²) in [6, 6.07) is 10.3. The number of hydrogen-bond acceptors (Lipinski definition) is 12. The number of nitrogens with zero attached hydrogens (tertiary/aromatic N) is 3. The quantitative estimate of drug-likeness (QED) is 0.102. The van der Waals surface area contributed by atoms with E-state index >= 15 is 0 Å². The summed E-state index contributed by atoms with van der Waals surface area (Å²) in [5.41, 5.74) is 1.03. The average molecular weight is 615 g/mol. The van der Waals surface area contributed by atoms with Gasteiger partial charge in [0.25, 0.3) is 10.1 Å². The predicted molar refractivity (Wildman–Crippen MR) is 142 cm³/mol. The Morgan fingerprint density at radius 2 is 1.61 bits per heavy atom. The molecule has 0 bridgehead atoms. The second kappa shape index (κ2) is 14.8. The minimum Gasteiger partial charge on any atom is -0.484 e. The van der Waals surface area contributed by atoms with Crippen molar-refractivity contribution >= 4 is 54.1 Å². The van der Waals surface area contributed by atoms with Gasteiger partial charge in [-0.15, -0.1) is 0 Å². The van der Waals surface area contributed by atoms with E-state index in [4.69, 9.17) is 18.9 Å². The van der Waals surface area contributed by atoms with E-state index in [0.29, 0.717) is 29.9 Å². The lowest BCUT2D eigenvalue weighted by molar-refractivity contribution is -0.385.